The molecular weight excluding hydrogens is 168 g/mol. The van der Waals surface area contributed by atoms with Gasteiger partial charge in [0, 0.05) is 0 Å². The molecule has 0 rings (SSSR count). The lowest BCUT2D eigenvalue weighted by atomic mass is 9.74. The van der Waals surface area contributed by atoms with E-state index in [4.69, 9.17) is 0 Å². The lowest BCUT2D eigenvalue weighted by Gasteiger charge is -2.30. The molecule has 0 fully saturated rings. The van der Waals surface area contributed by atoms with Gasteiger partial charge in [0.05, 0.1) is 0 Å². The molecule has 82 valence electrons. The van der Waals surface area contributed by atoms with Crippen LogP contribution < -0.4 is 0 Å². The molecule has 0 aliphatic rings. The third kappa shape index (κ3) is 4.45. The fraction of sp³-hybridized carbons (Fsp3) is 0.571. The van der Waals surface area contributed by atoms with Crippen LogP contribution in [-0.4, -0.2) is 0 Å². The van der Waals surface area contributed by atoms with E-state index >= 15 is 0 Å². The standard InChI is InChI=1S/C12H20.C2H6/c1-7-9-11(8-2)12(5,6)10(3)4;1-2/h7-10H,1-2H2,3-6H3;1-2H3/b11-9+;. The summed E-state index contributed by atoms with van der Waals surface area (Å²) in [5, 5.41) is 0. The number of hydrogen-bond acceptors (Lipinski definition) is 0. The van der Waals surface area contributed by atoms with Crippen LogP contribution in [-0.2, 0) is 0 Å². The molecule has 0 aromatic rings. The Morgan fingerprint density at radius 3 is 1.79 bits per heavy atom. The van der Waals surface area contributed by atoms with Crippen LogP contribution in [0.2, 0.25) is 0 Å². The molecule has 0 heteroatoms. The second-order valence-electron chi connectivity index (χ2n) is 3.94. The van der Waals surface area contributed by atoms with Crippen molar-refractivity contribution in [1.29, 1.82) is 0 Å². The van der Waals surface area contributed by atoms with E-state index in [1.54, 1.807) is 0 Å². The van der Waals surface area contributed by atoms with Gasteiger partial charge in [-0.1, -0.05) is 72.9 Å². The van der Waals surface area contributed by atoms with Crippen LogP contribution in [0.1, 0.15) is 41.5 Å². The second-order valence-corrected chi connectivity index (χ2v) is 3.94. The summed E-state index contributed by atoms with van der Waals surface area (Å²) < 4.78 is 0. The van der Waals surface area contributed by atoms with Gasteiger partial charge in [0.1, 0.15) is 0 Å². The van der Waals surface area contributed by atoms with Gasteiger partial charge in [0.2, 0.25) is 0 Å². The molecule has 0 bridgehead atoms. The van der Waals surface area contributed by atoms with Crippen LogP contribution in [0.4, 0.5) is 0 Å². The average molecular weight is 194 g/mol. The molecule has 14 heavy (non-hydrogen) atoms. The Morgan fingerprint density at radius 1 is 1.14 bits per heavy atom. The zero-order valence-electron chi connectivity index (χ0n) is 10.7. The van der Waals surface area contributed by atoms with E-state index < -0.39 is 0 Å². The van der Waals surface area contributed by atoms with Crippen LogP contribution in [0.5, 0.6) is 0 Å². The molecule has 0 aromatic carbocycles. The first-order chi connectivity index (χ1) is 6.46. The van der Waals surface area contributed by atoms with Crippen LogP contribution in [0.15, 0.2) is 37.0 Å². The maximum Gasteiger partial charge on any atom is -0.00808 e. The van der Waals surface area contributed by atoms with Crippen LogP contribution in [0.25, 0.3) is 0 Å². The summed E-state index contributed by atoms with van der Waals surface area (Å²) in [6, 6.07) is 0. The maximum absolute atomic E-state index is 3.81. The average Bonchev–Trinajstić information content (AvgIpc) is 2.16. The van der Waals surface area contributed by atoms with Crippen LogP contribution in [0.3, 0.4) is 0 Å². The molecule has 0 saturated heterocycles. The lowest BCUT2D eigenvalue weighted by Crippen LogP contribution is -2.20. The normalized spacial score (nSPS) is 11.8. The number of allylic oxidation sites excluding steroid dienone is 4. The molecule has 0 nitrogen and oxygen atoms in total. The van der Waals surface area contributed by atoms with E-state index in [1.165, 1.54) is 5.57 Å². The smallest absolute Gasteiger partial charge is 0.00808 e. The van der Waals surface area contributed by atoms with Crippen molar-refractivity contribution in [3.05, 3.63) is 37.0 Å². The fourth-order valence-electron chi connectivity index (χ4n) is 1.01. The molecule has 0 radical (unpaired) electrons. The first-order valence-corrected chi connectivity index (χ1v) is 5.42. The van der Waals surface area contributed by atoms with Gasteiger partial charge in [-0.05, 0) is 16.9 Å². The van der Waals surface area contributed by atoms with Gasteiger partial charge in [-0.3, -0.25) is 0 Å². The third-order valence-electron chi connectivity index (χ3n) is 2.70. The molecule has 0 amide bonds. The zero-order valence-corrected chi connectivity index (χ0v) is 10.7. The highest BCUT2D eigenvalue weighted by Crippen LogP contribution is 2.34. The van der Waals surface area contributed by atoms with E-state index in [0.29, 0.717) is 5.92 Å². The summed E-state index contributed by atoms with van der Waals surface area (Å²) in [7, 11) is 0. The summed E-state index contributed by atoms with van der Waals surface area (Å²) in [5.41, 5.74) is 1.45. The van der Waals surface area contributed by atoms with Crippen molar-refractivity contribution in [2.24, 2.45) is 11.3 Å². The lowest BCUT2D eigenvalue weighted by molar-refractivity contribution is 0.317. The van der Waals surface area contributed by atoms with E-state index in [1.807, 2.05) is 32.1 Å². The molecule has 0 heterocycles. The van der Waals surface area contributed by atoms with E-state index in [-0.39, 0.29) is 5.41 Å². The van der Waals surface area contributed by atoms with Gasteiger partial charge in [-0.15, -0.1) is 0 Å². The van der Waals surface area contributed by atoms with Crippen LogP contribution in [0, 0.1) is 11.3 Å². The van der Waals surface area contributed by atoms with Crippen molar-refractivity contribution in [2.45, 2.75) is 41.5 Å². The predicted octanol–water partition coefficient (Wildman–Crippen LogP) is 4.99. The van der Waals surface area contributed by atoms with Gasteiger partial charge in [-0.25, -0.2) is 0 Å². The molecule has 0 saturated carbocycles. The molecule has 0 N–H and O–H groups in total. The second kappa shape index (κ2) is 7.61. The summed E-state index contributed by atoms with van der Waals surface area (Å²) in [6.45, 7) is 20.4. The van der Waals surface area contributed by atoms with Crippen LogP contribution >= 0.6 is 0 Å². The summed E-state index contributed by atoms with van der Waals surface area (Å²) in [5.74, 6) is 0.613. The van der Waals surface area contributed by atoms with Crippen molar-refractivity contribution in [1.82, 2.24) is 0 Å². The van der Waals surface area contributed by atoms with Gasteiger partial charge < -0.3 is 0 Å². The summed E-state index contributed by atoms with van der Waals surface area (Å²) in [4.78, 5) is 0. The number of rotatable bonds is 4. The van der Waals surface area contributed by atoms with Gasteiger partial charge in [-0.2, -0.15) is 0 Å². The Morgan fingerprint density at radius 2 is 1.57 bits per heavy atom. The molecule has 0 aliphatic heterocycles. The Bertz CT molecular complexity index is 192. The SMILES string of the molecule is C=C/C=C(\C=C)C(C)(C)C(C)C.CC. The molecule has 0 aromatic heterocycles. The molecular formula is C14H26. The third-order valence-corrected chi connectivity index (χ3v) is 2.70. The first kappa shape index (κ1) is 15.7. The molecule has 0 atom stereocenters. The molecule has 0 aliphatic carbocycles. The zero-order chi connectivity index (χ0) is 11.8. The Labute approximate surface area is 90.4 Å². The minimum absolute atomic E-state index is 0.190. The van der Waals surface area contributed by atoms with Crippen molar-refractivity contribution in [2.75, 3.05) is 0 Å². The van der Waals surface area contributed by atoms with Crippen molar-refractivity contribution in [3.8, 4) is 0 Å². The Balaban J connectivity index is 0. The highest BCUT2D eigenvalue weighted by Gasteiger charge is 2.24. The summed E-state index contributed by atoms with van der Waals surface area (Å²) in [6.07, 6.45) is 5.77. The molecule has 0 spiro atoms. The highest BCUT2D eigenvalue weighted by molar-refractivity contribution is 5.27. The van der Waals surface area contributed by atoms with Crippen molar-refractivity contribution >= 4 is 0 Å². The van der Waals surface area contributed by atoms with E-state index in [2.05, 4.69) is 40.9 Å². The molecule has 0 unspecified atom stereocenters. The minimum atomic E-state index is 0.190. The maximum atomic E-state index is 3.81. The minimum Gasteiger partial charge on any atom is -0.0991 e. The monoisotopic (exact) mass is 194 g/mol. The van der Waals surface area contributed by atoms with E-state index in [9.17, 15) is 0 Å². The highest BCUT2D eigenvalue weighted by atomic mass is 14.3. The quantitative estimate of drug-likeness (QED) is 0.553. The largest absolute Gasteiger partial charge is 0.0991 e. The Hall–Kier alpha value is -0.780. The van der Waals surface area contributed by atoms with Crippen molar-refractivity contribution < 1.29 is 0 Å². The topological polar surface area (TPSA) is 0 Å². The Kier molecular flexibility index (Phi) is 8.52. The van der Waals surface area contributed by atoms with E-state index in [0.717, 1.165) is 0 Å². The predicted molar refractivity (Wildman–Crippen MR) is 68.4 cm³/mol. The van der Waals surface area contributed by atoms with Gasteiger partial charge in [0.15, 0.2) is 0 Å². The van der Waals surface area contributed by atoms with Crippen molar-refractivity contribution in [3.63, 3.8) is 0 Å². The van der Waals surface area contributed by atoms with Gasteiger partial charge >= 0.3 is 0 Å². The number of hydrogen-bond donors (Lipinski definition) is 0. The first-order valence-electron chi connectivity index (χ1n) is 5.42. The van der Waals surface area contributed by atoms with Gasteiger partial charge in [0.25, 0.3) is 0 Å². The summed E-state index contributed by atoms with van der Waals surface area (Å²) >= 11 is 0. The fourth-order valence-corrected chi connectivity index (χ4v) is 1.01.